The van der Waals surface area contributed by atoms with E-state index in [1.165, 1.54) is 23.9 Å². The number of nitro groups is 1. The summed E-state index contributed by atoms with van der Waals surface area (Å²) in [6, 6.07) is 2.30. The Morgan fingerprint density at radius 3 is 2.11 bits per heavy atom. The monoisotopic (exact) mass is 506 g/mol. The van der Waals surface area contributed by atoms with E-state index in [4.69, 9.17) is 19.7 Å². The molecule has 0 atom stereocenters. The number of aromatic carboxylic acids is 2. The van der Waals surface area contributed by atoms with Crippen molar-refractivity contribution in [3.8, 4) is 0 Å². The molecule has 2 aromatic heterocycles. The predicted molar refractivity (Wildman–Crippen MR) is 131 cm³/mol. The molecule has 0 aliphatic rings. The van der Waals surface area contributed by atoms with E-state index in [-0.39, 0.29) is 31.2 Å². The van der Waals surface area contributed by atoms with Crippen LogP contribution in [0.25, 0.3) is 0 Å². The van der Waals surface area contributed by atoms with E-state index in [0.29, 0.717) is 5.69 Å². The molecule has 0 saturated heterocycles. The molecule has 36 heavy (non-hydrogen) atoms. The number of carboxylic acid groups (broad SMARTS) is 2. The largest absolute Gasteiger partial charge is 0.477 e. The van der Waals surface area contributed by atoms with E-state index < -0.39 is 28.6 Å². The van der Waals surface area contributed by atoms with Crippen molar-refractivity contribution in [1.82, 2.24) is 9.55 Å². The van der Waals surface area contributed by atoms with Gasteiger partial charge in [0, 0.05) is 19.4 Å². The molecule has 0 radical (unpaired) electrons. The number of aromatic nitrogens is 2. The Hall–Kier alpha value is -4.79. The Bertz CT molecular complexity index is 1110. The smallest absolute Gasteiger partial charge is 0.412 e. The molecule has 0 spiro atoms. The molecular weight excluding hydrogens is 476 g/mol. The van der Waals surface area contributed by atoms with E-state index >= 15 is 0 Å². The van der Waals surface area contributed by atoms with Crippen LogP contribution >= 0.6 is 0 Å². The van der Waals surface area contributed by atoms with Crippen LogP contribution in [0, 0.1) is 10.1 Å². The molecule has 0 unspecified atom stereocenters. The lowest BCUT2D eigenvalue weighted by molar-refractivity contribution is -0.384. The fourth-order valence-corrected chi connectivity index (χ4v) is 2.10. The molecule has 0 aromatic carbocycles. The highest BCUT2D eigenvalue weighted by Gasteiger charge is 2.18. The summed E-state index contributed by atoms with van der Waals surface area (Å²) in [5, 5.41) is 29.8. The van der Waals surface area contributed by atoms with Gasteiger partial charge in [-0.1, -0.05) is 18.9 Å². The third kappa shape index (κ3) is 13.0. The van der Waals surface area contributed by atoms with Gasteiger partial charge in [0.1, 0.15) is 23.7 Å². The van der Waals surface area contributed by atoms with Crippen LogP contribution < -0.4 is 5.32 Å². The van der Waals surface area contributed by atoms with Crippen LogP contribution in [0.15, 0.2) is 54.9 Å². The first-order chi connectivity index (χ1) is 16.2. The van der Waals surface area contributed by atoms with Crippen LogP contribution in [-0.2, 0) is 16.2 Å². The van der Waals surface area contributed by atoms with Crippen molar-refractivity contribution in [1.29, 1.82) is 0 Å². The number of carbonyl (C=O) groups is 3. The van der Waals surface area contributed by atoms with Crippen molar-refractivity contribution in [2.45, 2.75) is 40.5 Å². The van der Waals surface area contributed by atoms with Gasteiger partial charge in [-0.25, -0.2) is 14.4 Å². The van der Waals surface area contributed by atoms with Gasteiger partial charge in [0.05, 0.1) is 16.8 Å². The second-order valence-electron chi connectivity index (χ2n) is 7.25. The van der Waals surface area contributed by atoms with Crippen LogP contribution in [0.2, 0.25) is 0 Å². The number of anilines is 1. The van der Waals surface area contributed by atoms with Gasteiger partial charge >= 0.3 is 18.0 Å². The minimum atomic E-state index is -1.21. The Labute approximate surface area is 207 Å². The first-order valence-electron chi connectivity index (χ1n) is 9.53. The molecule has 0 saturated carbocycles. The van der Waals surface area contributed by atoms with E-state index in [1.807, 2.05) is 0 Å². The summed E-state index contributed by atoms with van der Waals surface area (Å²) in [4.78, 5) is 44.4. The number of carboxylic acids is 2. The maximum Gasteiger partial charge on any atom is 0.412 e. The highest BCUT2D eigenvalue weighted by molar-refractivity contribution is 5.90. The lowest BCUT2D eigenvalue weighted by Crippen LogP contribution is -2.27. The molecule has 196 valence electrons. The summed E-state index contributed by atoms with van der Waals surface area (Å²) < 4.78 is 11.3. The molecule has 13 heteroatoms. The molecule has 13 nitrogen and oxygen atoms in total. The average molecular weight is 507 g/mol. The number of rotatable bonds is 6. The number of amides is 1. The number of H-pyrrole nitrogens is 1. The van der Waals surface area contributed by atoms with Crippen LogP contribution in [0.3, 0.4) is 0 Å². The van der Waals surface area contributed by atoms with Crippen molar-refractivity contribution in [2.75, 3.05) is 12.4 Å². The summed E-state index contributed by atoms with van der Waals surface area (Å²) >= 11 is 0. The van der Waals surface area contributed by atoms with Gasteiger partial charge in [0.25, 0.3) is 5.69 Å². The quantitative estimate of drug-likeness (QED) is 0.245. The van der Waals surface area contributed by atoms with Crippen LogP contribution in [-0.4, -0.2) is 55.4 Å². The van der Waals surface area contributed by atoms with Gasteiger partial charge in [-0.05, 0) is 45.7 Å². The fourth-order valence-electron chi connectivity index (χ4n) is 2.10. The first kappa shape index (κ1) is 33.4. The zero-order valence-electron chi connectivity index (χ0n) is 19.6. The fraction of sp³-hybridized carbons (Fsp3) is 0.304. The Balaban J connectivity index is 0. The van der Waals surface area contributed by atoms with Gasteiger partial charge in [0.15, 0.2) is 0 Å². The summed E-state index contributed by atoms with van der Waals surface area (Å²) in [7, 11) is 1.45. The Kier molecular flexibility index (Phi) is 14.8. The third-order valence-electron chi connectivity index (χ3n) is 3.31. The van der Waals surface area contributed by atoms with E-state index in [1.54, 1.807) is 20.8 Å². The van der Waals surface area contributed by atoms with E-state index in [2.05, 4.69) is 40.7 Å². The van der Waals surface area contributed by atoms with E-state index in [9.17, 15) is 24.5 Å². The van der Waals surface area contributed by atoms with Crippen LogP contribution in [0.4, 0.5) is 16.2 Å². The number of hydrogen-bond acceptors (Lipinski definition) is 7. The molecular formula is C23H30N4O9. The summed E-state index contributed by atoms with van der Waals surface area (Å²) in [6.45, 7) is 11.7. The second kappa shape index (κ2) is 15.9. The van der Waals surface area contributed by atoms with Gasteiger partial charge in [-0.3, -0.25) is 15.4 Å². The van der Waals surface area contributed by atoms with Crippen molar-refractivity contribution >= 4 is 29.4 Å². The van der Waals surface area contributed by atoms with E-state index in [0.717, 1.165) is 12.3 Å². The maximum absolute atomic E-state index is 11.6. The topological polar surface area (TPSA) is 186 Å². The number of nitrogens with zero attached hydrogens (tertiary/aromatic N) is 2. The van der Waals surface area contributed by atoms with Gasteiger partial charge < -0.3 is 29.2 Å². The standard InChI is InChI=1S/C12H18N2O5.C5H4N2O4.C5H4.CH4/c1-12(2,3)19-11(17)13-8-5-9(10(15)16)14(6-8)7-18-4;8-5(9)4-1-3(2-6-4)7(10)11;1-3-5-4-2;/h5-6H,7H2,1-4H3,(H,13,17)(H,15,16);1-2,6H,(H,8,9);1-2H2;1H4. The average Bonchev–Trinajstić information content (AvgIpc) is 3.36. The molecule has 4 N–H and O–H groups in total. The van der Waals surface area contributed by atoms with Crippen molar-refractivity contribution in [3.05, 3.63) is 76.4 Å². The molecule has 1 amide bonds. The second-order valence-corrected chi connectivity index (χ2v) is 7.25. The van der Waals surface area contributed by atoms with Crippen molar-refractivity contribution < 1.29 is 39.0 Å². The van der Waals surface area contributed by atoms with Gasteiger partial charge in [0.2, 0.25) is 0 Å². The first-order valence-corrected chi connectivity index (χ1v) is 9.53. The molecule has 0 fully saturated rings. The number of methoxy groups -OCH3 is 1. The van der Waals surface area contributed by atoms with Crippen LogP contribution in [0.1, 0.15) is 49.2 Å². The minimum Gasteiger partial charge on any atom is -0.477 e. The predicted octanol–water partition coefficient (Wildman–Crippen LogP) is 4.66. The number of hydrogen-bond donors (Lipinski definition) is 4. The number of aromatic amines is 1. The lowest BCUT2D eigenvalue weighted by Gasteiger charge is -2.19. The summed E-state index contributed by atoms with van der Waals surface area (Å²) in [5.41, 5.74) is 6.39. The molecule has 0 aliphatic carbocycles. The number of nitrogens with one attached hydrogen (secondary N) is 2. The highest BCUT2D eigenvalue weighted by atomic mass is 16.6. The normalized spacial score (nSPS) is 9.22. The SMILES string of the molecule is C.C=C=C=C=C.COCn1cc(NC(=O)OC(C)(C)C)cc1C(=O)O.O=C(O)c1cc([N+](=O)[O-])c[nH]1. The summed E-state index contributed by atoms with van der Waals surface area (Å²) in [6.07, 6.45) is 1.86. The van der Waals surface area contributed by atoms with Gasteiger partial charge in [-0.2, -0.15) is 0 Å². The zero-order chi connectivity index (χ0) is 27.2. The highest BCUT2D eigenvalue weighted by Crippen LogP contribution is 2.16. The Morgan fingerprint density at radius 1 is 1.19 bits per heavy atom. The van der Waals surface area contributed by atoms with Crippen molar-refractivity contribution in [2.24, 2.45) is 0 Å². The summed E-state index contributed by atoms with van der Waals surface area (Å²) in [5.74, 6) is -2.31. The molecule has 0 bridgehead atoms. The Morgan fingerprint density at radius 2 is 1.78 bits per heavy atom. The molecule has 2 aromatic rings. The van der Waals surface area contributed by atoms with Gasteiger partial charge in [-0.15, -0.1) is 0 Å². The third-order valence-corrected chi connectivity index (χ3v) is 3.31. The molecule has 2 heterocycles. The lowest BCUT2D eigenvalue weighted by atomic mass is 10.2. The minimum absolute atomic E-state index is 0. The molecule has 2 rings (SSSR count). The zero-order valence-corrected chi connectivity index (χ0v) is 19.6. The molecule has 0 aliphatic heterocycles. The maximum atomic E-state index is 11.6. The number of carbonyl (C=O) groups excluding carboxylic acids is 1. The van der Waals surface area contributed by atoms with Crippen molar-refractivity contribution in [3.63, 3.8) is 0 Å². The number of ether oxygens (including phenoxy) is 2. The van der Waals surface area contributed by atoms with Crippen LogP contribution in [0.5, 0.6) is 0 Å².